The minimum atomic E-state index is -0.788. The smallest absolute Gasteiger partial charge is 0.363 e. The molecule has 0 amide bonds. The number of unbranched alkanes of at least 4 members (excludes halogenated alkanes) is 6. The van der Waals surface area contributed by atoms with Gasteiger partial charge in [0.25, 0.3) is 0 Å². The molecule has 1 fully saturated rings. The van der Waals surface area contributed by atoms with Gasteiger partial charge in [-0.3, -0.25) is 14.4 Å². The molecule has 0 unspecified atom stereocenters. The summed E-state index contributed by atoms with van der Waals surface area (Å²) in [5.41, 5.74) is -0.788. The Bertz CT molecular complexity index is 352. The summed E-state index contributed by atoms with van der Waals surface area (Å²) in [5.74, 6) is -0.715. The monoisotopic (exact) mass is 283 g/mol. The fourth-order valence-electron chi connectivity index (χ4n) is 2.41. The van der Waals surface area contributed by atoms with E-state index in [1.807, 2.05) is 0 Å². The lowest BCUT2D eigenvalue weighted by Gasteiger charge is -2.06. The zero-order chi connectivity index (χ0) is 15.0. The number of hydrogen-bond acceptors (Lipinski definition) is 3. The number of rotatable bonds is 11. The predicted molar refractivity (Wildman–Crippen MR) is 75.1 cm³/mol. The van der Waals surface area contributed by atoms with E-state index in [2.05, 4.69) is 4.85 Å². The van der Waals surface area contributed by atoms with Crippen LogP contribution >= 0.6 is 0 Å². The van der Waals surface area contributed by atoms with Crippen molar-refractivity contribution in [3.63, 3.8) is 0 Å². The zero-order valence-corrected chi connectivity index (χ0v) is 12.2. The van der Waals surface area contributed by atoms with Crippen LogP contribution in [0.15, 0.2) is 0 Å². The van der Waals surface area contributed by atoms with Gasteiger partial charge in [0.15, 0.2) is 6.10 Å². The molecule has 0 aromatic heterocycles. The van der Waals surface area contributed by atoms with Gasteiger partial charge in [-0.15, -0.1) is 0 Å². The average molecular weight is 283 g/mol. The fourth-order valence-corrected chi connectivity index (χ4v) is 2.41. The third kappa shape index (κ3) is 5.89. The largest absolute Gasteiger partial charge is 0.481 e. The Kier molecular flexibility index (Phi) is 6.97. The highest BCUT2D eigenvalue weighted by Gasteiger charge is 2.64. The van der Waals surface area contributed by atoms with Crippen molar-refractivity contribution >= 4 is 5.97 Å². The summed E-state index contributed by atoms with van der Waals surface area (Å²) < 4.78 is 5.21. The van der Waals surface area contributed by atoms with E-state index >= 15 is 0 Å². The molecule has 0 bridgehead atoms. The molecule has 5 heteroatoms. The molecule has 0 aliphatic carbocycles. The first-order chi connectivity index (χ1) is 9.49. The molecular weight excluding hydrogens is 258 g/mol. The van der Waals surface area contributed by atoms with Gasteiger partial charge in [-0.05, 0) is 12.8 Å². The summed E-state index contributed by atoms with van der Waals surface area (Å²) in [7, 11) is 0. The van der Waals surface area contributed by atoms with Crippen molar-refractivity contribution < 1.29 is 19.7 Å². The van der Waals surface area contributed by atoms with Gasteiger partial charge < -0.3 is 10.2 Å². The van der Waals surface area contributed by atoms with E-state index in [0.717, 1.165) is 44.9 Å². The molecule has 0 saturated carbocycles. The quantitative estimate of drug-likeness (QED) is 0.347. The van der Waals surface area contributed by atoms with Crippen LogP contribution < -0.4 is 0 Å². The Hall–Kier alpha value is -1.12. The number of epoxide rings is 1. The Labute approximate surface area is 120 Å². The van der Waals surface area contributed by atoms with E-state index in [4.69, 9.17) is 16.4 Å². The van der Waals surface area contributed by atoms with Crippen LogP contribution in [0, 0.1) is 6.57 Å². The summed E-state index contributed by atoms with van der Waals surface area (Å²) in [5, 5.41) is 18.3. The van der Waals surface area contributed by atoms with Gasteiger partial charge in [0.1, 0.15) is 0 Å². The second-order valence-electron chi connectivity index (χ2n) is 5.68. The Morgan fingerprint density at radius 1 is 1.25 bits per heavy atom. The van der Waals surface area contributed by atoms with Crippen LogP contribution in [-0.2, 0) is 9.53 Å². The number of carboxylic acid groups (broad SMARTS) is 1. The number of hydrogen-bond donors (Lipinski definition) is 2. The van der Waals surface area contributed by atoms with Crippen LogP contribution in [0.3, 0.4) is 0 Å². The molecule has 1 saturated heterocycles. The minimum Gasteiger partial charge on any atom is -0.481 e. The number of aliphatic hydroxyl groups excluding tert-OH is 1. The maximum atomic E-state index is 10.3. The summed E-state index contributed by atoms with van der Waals surface area (Å²) in [6, 6.07) is 0. The summed E-state index contributed by atoms with van der Waals surface area (Å²) in [6.07, 6.45) is 7.21. The minimum absolute atomic E-state index is 0.271. The first-order valence-electron chi connectivity index (χ1n) is 7.46. The van der Waals surface area contributed by atoms with Crippen LogP contribution in [0.4, 0.5) is 0 Å². The molecule has 1 aliphatic rings. The maximum Gasteiger partial charge on any atom is 0.363 e. The number of carbonyl (C=O) groups is 1. The third-order valence-electron chi connectivity index (χ3n) is 3.80. The van der Waals surface area contributed by atoms with Gasteiger partial charge in [-0.2, -0.15) is 0 Å². The molecule has 1 heterocycles. The average Bonchev–Trinajstić information content (AvgIpc) is 3.09. The van der Waals surface area contributed by atoms with Crippen molar-refractivity contribution in [2.45, 2.75) is 82.6 Å². The topological polar surface area (TPSA) is 74.4 Å². The molecule has 0 aromatic carbocycles. The Morgan fingerprint density at radius 2 is 1.80 bits per heavy atom. The summed E-state index contributed by atoms with van der Waals surface area (Å²) in [4.78, 5) is 13.7. The second kappa shape index (κ2) is 8.23. The lowest BCUT2D eigenvalue weighted by atomic mass is 10.0. The number of nitrogens with zero attached hydrogens (tertiary/aromatic N) is 1. The number of ether oxygens (including phenoxy) is 1. The van der Waals surface area contributed by atoms with Crippen LogP contribution in [0.2, 0.25) is 0 Å². The van der Waals surface area contributed by atoms with Gasteiger partial charge in [0.2, 0.25) is 0 Å². The van der Waals surface area contributed by atoms with Gasteiger partial charge in [-0.1, -0.05) is 38.5 Å². The van der Waals surface area contributed by atoms with Crippen molar-refractivity contribution in [1.82, 2.24) is 0 Å². The Balaban J connectivity index is 1.88. The molecular formula is C15H25NO4. The number of carboxylic acids is 1. The standard InChI is InChI=1S/C15H25NO4/c1-15(16-2)14(20-15)12(17)10-8-6-4-3-5-7-9-11-13(18)19/h12,14,17H,3-11H2,1H3,(H,18,19)/t12-,14-,15-/m0/s1. The lowest BCUT2D eigenvalue weighted by Crippen LogP contribution is -2.20. The van der Waals surface area contributed by atoms with E-state index in [-0.39, 0.29) is 12.5 Å². The van der Waals surface area contributed by atoms with Crippen molar-refractivity contribution in [3.8, 4) is 0 Å². The molecule has 0 aromatic rings. The highest BCUT2D eigenvalue weighted by atomic mass is 16.6. The van der Waals surface area contributed by atoms with E-state index in [1.54, 1.807) is 6.92 Å². The number of aliphatic hydroxyl groups is 1. The van der Waals surface area contributed by atoms with Crippen molar-refractivity contribution in [1.29, 1.82) is 0 Å². The fraction of sp³-hybridized carbons (Fsp3) is 0.867. The molecule has 0 spiro atoms. The molecule has 5 nitrogen and oxygen atoms in total. The highest BCUT2D eigenvalue weighted by molar-refractivity contribution is 5.66. The first-order valence-corrected chi connectivity index (χ1v) is 7.46. The van der Waals surface area contributed by atoms with Crippen molar-refractivity contribution in [3.05, 3.63) is 11.4 Å². The molecule has 3 atom stereocenters. The van der Waals surface area contributed by atoms with E-state index < -0.39 is 17.8 Å². The van der Waals surface area contributed by atoms with Gasteiger partial charge in [0.05, 0.1) is 6.10 Å². The molecule has 2 N–H and O–H groups in total. The molecule has 1 aliphatic heterocycles. The van der Waals surface area contributed by atoms with E-state index in [1.165, 1.54) is 0 Å². The summed E-state index contributed by atoms with van der Waals surface area (Å²) >= 11 is 0. The lowest BCUT2D eigenvalue weighted by molar-refractivity contribution is -0.137. The number of aliphatic carboxylic acids is 1. The molecule has 20 heavy (non-hydrogen) atoms. The first kappa shape index (κ1) is 16.9. The second-order valence-corrected chi connectivity index (χ2v) is 5.68. The van der Waals surface area contributed by atoms with Gasteiger partial charge in [0, 0.05) is 13.3 Å². The van der Waals surface area contributed by atoms with E-state index in [0.29, 0.717) is 6.42 Å². The molecule has 0 radical (unpaired) electrons. The van der Waals surface area contributed by atoms with Gasteiger partial charge >= 0.3 is 11.7 Å². The van der Waals surface area contributed by atoms with Crippen LogP contribution in [0.5, 0.6) is 0 Å². The SMILES string of the molecule is [C-]#[N+][C@@]1(C)O[C@H]1[C@@H](O)CCCCCCCCCC(=O)O. The van der Waals surface area contributed by atoms with Crippen LogP contribution in [-0.4, -0.2) is 34.1 Å². The van der Waals surface area contributed by atoms with Crippen LogP contribution in [0.1, 0.15) is 64.7 Å². The van der Waals surface area contributed by atoms with Gasteiger partial charge in [-0.25, -0.2) is 6.57 Å². The maximum absolute atomic E-state index is 10.3. The van der Waals surface area contributed by atoms with E-state index in [9.17, 15) is 9.90 Å². The highest BCUT2D eigenvalue weighted by Crippen LogP contribution is 2.40. The normalized spacial score (nSPS) is 25.9. The summed E-state index contributed by atoms with van der Waals surface area (Å²) in [6.45, 7) is 8.66. The predicted octanol–water partition coefficient (Wildman–Crippen LogP) is 2.98. The zero-order valence-electron chi connectivity index (χ0n) is 12.2. The van der Waals surface area contributed by atoms with Crippen molar-refractivity contribution in [2.24, 2.45) is 0 Å². The van der Waals surface area contributed by atoms with Crippen molar-refractivity contribution in [2.75, 3.05) is 0 Å². The molecule has 114 valence electrons. The Morgan fingerprint density at radius 3 is 2.30 bits per heavy atom. The molecule has 1 rings (SSSR count). The van der Waals surface area contributed by atoms with Crippen LogP contribution in [0.25, 0.3) is 4.85 Å². The third-order valence-corrected chi connectivity index (χ3v) is 3.80.